The lowest BCUT2D eigenvalue weighted by Crippen LogP contribution is -2.26. The van der Waals surface area contributed by atoms with E-state index in [1.54, 1.807) is 42.5 Å². The molecule has 0 aromatic heterocycles. The normalized spacial score (nSPS) is 12.1. The molecule has 0 radical (unpaired) electrons. The van der Waals surface area contributed by atoms with Gasteiger partial charge in [-0.15, -0.1) is 0 Å². The van der Waals surface area contributed by atoms with Crippen molar-refractivity contribution in [2.24, 2.45) is 0 Å². The number of hydrogen-bond donors (Lipinski definition) is 2. The molecule has 0 heterocycles. The van der Waals surface area contributed by atoms with E-state index in [1.165, 1.54) is 6.07 Å². The highest BCUT2D eigenvalue weighted by Gasteiger charge is 2.16. The molecule has 3 aromatic carbocycles. The number of sulfonamides is 1. The number of ether oxygens (including phenoxy) is 1. The summed E-state index contributed by atoms with van der Waals surface area (Å²) >= 11 is 0. The van der Waals surface area contributed by atoms with Crippen LogP contribution in [0.3, 0.4) is 0 Å². The topological polar surface area (TPSA) is 84.5 Å². The van der Waals surface area contributed by atoms with Gasteiger partial charge in [-0.3, -0.25) is 9.52 Å². The van der Waals surface area contributed by atoms with E-state index in [4.69, 9.17) is 4.74 Å². The predicted octanol–water partition coefficient (Wildman–Crippen LogP) is 4.69. The van der Waals surface area contributed by atoms with Crippen molar-refractivity contribution in [3.63, 3.8) is 0 Å². The van der Waals surface area contributed by atoms with Gasteiger partial charge >= 0.3 is 0 Å². The van der Waals surface area contributed by atoms with Gasteiger partial charge in [0.25, 0.3) is 15.9 Å². The minimum atomic E-state index is -3.74. The second-order valence-corrected chi connectivity index (χ2v) is 8.88. The SMILES string of the molecule is CCOc1ccc([C@H](C)NC(=O)c2cccc(NS(=O)(=O)c3ccc(C)cc3)c2)cc1. The van der Waals surface area contributed by atoms with Gasteiger partial charge in [0.2, 0.25) is 0 Å². The first-order valence-corrected chi connectivity index (χ1v) is 11.5. The lowest BCUT2D eigenvalue weighted by Gasteiger charge is -2.16. The van der Waals surface area contributed by atoms with Crippen LogP contribution in [-0.2, 0) is 10.0 Å². The Morgan fingerprint density at radius 2 is 1.68 bits per heavy atom. The molecule has 1 atom stereocenters. The van der Waals surface area contributed by atoms with E-state index < -0.39 is 10.0 Å². The molecule has 3 rings (SSSR count). The Morgan fingerprint density at radius 3 is 2.32 bits per heavy atom. The third-order valence-electron chi connectivity index (χ3n) is 4.75. The highest BCUT2D eigenvalue weighted by Crippen LogP contribution is 2.20. The summed E-state index contributed by atoms with van der Waals surface area (Å²) in [5, 5.41) is 2.93. The molecule has 0 saturated carbocycles. The number of carbonyl (C=O) groups is 1. The van der Waals surface area contributed by atoms with Crippen LogP contribution in [0.25, 0.3) is 0 Å². The molecule has 0 spiro atoms. The molecule has 1 amide bonds. The summed E-state index contributed by atoms with van der Waals surface area (Å²) in [7, 11) is -3.74. The standard InChI is InChI=1S/C24H26N2O4S/c1-4-30-22-12-10-19(11-13-22)18(3)25-24(27)20-6-5-7-21(16-20)26-31(28,29)23-14-8-17(2)9-15-23/h5-16,18,26H,4H2,1-3H3,(H,25,27)/t18-/m0/s1. The summed E-state index contributed by atoms with van der Waals surface area (Å²) < 4.78 is 33.2. The first kappa shape index (κ1) is 22.4. The zero-order chi connectivity index (χ0) is 22.4. The molecule has 0 aliphatic heterocycles. The van der Waals surface area contributed by atoms with Gasteiger partial charge in [-0.2, -0.15) is 0 Å². The quantitative estimate of drug-likeness (QED) is 0.535. The summed E-state index contributed by atoms with van der Waals surface area (Å²) in [6.45, 7) is 6.29. The minimum Gasteiger partial charge on any atom is -0.494 e. The number of benzene rings is 3. The summed E-state index contributed by atoms with van der Waals surface area (Å²) in [5.41, 5.74) is 2.59. The Bertz CT molecular complexity index is 1140. The van der Waals surface area contributed by atoms with Crippen molar-refractivity contribution in [1.29, 1.82) is 0 Å². The van der Waals surface area contributed by atoms with Crippen LogP contribution < -0.4 is 14.8 Å². The summed E-state index contributed by atoms with van der Waals surface area (Å²) in [5.74, 6) is 0.483. The third kappa shape index (κ3) is 5.86. The number of carbonyl (C=O) groups excluding carboxylic acids is 1. The number of aryl methyl sites for hydroxylation is 1. The Hall–Kier alpha value is -3.32. The van der Waals surface area contributed by atoms with E-state index in [0.29, 0.717) is 17.9 Å². The fraction of sp³-hybridized carbons (Fsp3) is 0.208. The maximum Gasteiger partial charge on any atom is 0.261 e. The Morgan fingerprint density at radius 1 is 1.00 bits per heavy atom. The first-order valence-electron chi connectivity index (χ1n) is 10.0. The molecule has 0 bridgehead atoms. The van der Waals surface area contributed by atoms with E-state index in [0.717, 1.165) is 16.9 Å². The van der Waals surface area contributed by atoms with Crippen molar-refractivity contribution >= 4 is 21.6 Å². The lowest BCUT2D eigenvalue weighted by molar-refractivity contribution is 0.0940. The molecule has 0 saturated heterocycles. The highest BCUT2D eigenvalue weighted by molar-refractivity contribution is 7.92. The molecule has 0 aliphatic carbocycles. The van der Waals surface area contributed by atoms with E-state index >= 15 is 0 Å². The minimum absolute atomic E-state index is 0.164. The number of nitrogens with one attached hydrogen (secondary N) is 2. The molecule has 6 nitrogen and oxygen atoms in total. The van der Waals surface area contributed by atoms with Gasteiger partial charge in [0.15, 0.2) is 0 Å². The number of anilines is 1. The van der Waals surface area contributed by atoms with Crippen molar-refractivity contribution in [3.05, 3.63) is 89.5 Å². The van der Waals surface area contributed by atoms with Crippen LogP contribution in [0.2, 0.25) is 0 Å². The molecule has 0 unspecified atom stereocenters. The average molecular weight is 439 g/mol. The fourth-order valence-corrected chi connectivity index (χ4v) is 4.09. The molecule has 3 aromatic rings. The van der Waals surface area contributed by atoms with E-state index in [9.17, 15) is 13.2 Å². The molecule has 0 aliphatic rings. The second-order valence-electron chi connectivity index (χ2n) is 7.20. The lowest BCUT2D eigenvalue weighted by atomic mass is 10.1. The van der Waals surface area contributed by atoms with Crippen molar-refractivity contribution < 1.29 is 17.9 Å². The van der Waals surface area contributed by atoms with Gasteiger partial charge in [-0.1, -0.05) is 35.9 Å². The van der Waals surface area contributed by atoms with E-state index in [-0.39, 0.29) is 16.8 Å². The maximum absolute atomic E-state index is 12.7. The van der Waals surface area contributed by atoms with Crippen molar-refractivity contribution in [2.45, 2.75) is 31.7 Å². The maximum atomic E-state index is 12.7. The summed E-state index contributed by atoms with van der Waals surface area (Å²) in [6, 6.07) is 20.3. The van der Waals surface area contributed by atoms with Crippen LogP contribution in [0, 0.1) is 6.92 Å². The molecule has 162 valence electrons. The number of amides is 1. The van der Waals surface area contributed by atoms with Crippen molar-refractivity contribution in [1.82, 2.24) is 5.32 Å². The monoisotopic (exact) mass is 438 g/mol. The van der Waals surface area contributed by atoms with E-state index in [2.05, 4.69) is 10.0 Å². The number of rotatable bonds is 8. The van der Waals surface area contributed by atoms with Crippen LogP contribution in [-0.4, -0.2) is 20.9 Å². The smallest absolute Gasteiger partial charge is 0.261 e. The van der Waals surface area contributed by atoms with Crippen LogP contribution in [0.4, 0.5) is 5.69 Å². The van der Waals surface area contributed by atoms with Gasteiger partial charge in [0, 0.05) is 11.3 Å². The zero-order valence-electron chi connectivity index (χ0n) is 17.8. The van der Waals surface area contributed by atoms with Gasteiger partial charge in [-0.25, -0.2) is 8.42 Å². The van der Waals surface area contributed by atoms with Crippen molar-refractivity contribution in [2.75, 3.05) is 11.3 Å². The predicted molar refractivity (Wildman–Crippen MR) is 122 cm³/mol. The highest BCUT2D eigenvalue weighted by atomic mass is 32.2. The van der Waals surface area contributed by atoms with Crippen LogP contribution in [0.5, 0.6) is 5.75 Å². The van der Waals surface area contributed by atoms with Gasteiger partial charge in [-0.05, 0) is 68.8 Å². The largest absolute Gasteiger partial charge is 0.494 e. The van der Waals surface area contributed by atoms with Gasteiger partial charge in [0.1, 0.15) is 5.75 Å². The third-order valence-corrected chi connectivity index (χ3v) is 6.14. The molecule has 31 heavy (non-hydrogen) atoms. The Balaban J connectivity index is 1.70. The first-order chi connectivity index (χ1) is 14.8. The fourth-order valence-electron chi connectivity index (χ4n) is 3.04. The Labute approximate surface area is 183 Å². The van der Waals surface area contributed by atoms with Crippen LogP contribution >= 0.6 is 0 Å². The number of hydrogen-bond acceptors (Lipinski definition) is 4. The van der Waals surface area contributed by atoms with Crippen LogP contribution in [0.15, 0.2) is 77.7 Å². The van der Waals surface area contributed by atoms with E-state index in [1.807, 2.05) is 45.0 Å². The molecule has 0 fully saturated rings. The molecule has 2 N–H and O–H groups in total. The summed E-state index contributed by atoms with van der Waals surface area (Å²) in [6.07, 6.45) is 0. The van der Waals surface area contributed by atoms with Gasteiger partial charge in [0.05, 0.1) is 17.5 Å². The Kier molecular flexibility index (Phi) is 6.97. The van der Waals surface area contributed by atoms with Crippen molar-refractivity contribution in [3.8, 4) is 5.75 Å². The summed E-state index contributed by atoms with van der Waals surface area (Å²) in [4.78, 5) is 12.9. The molecular formula is C24H26N2O4S. The zero-order valence-corrected chi connectivity index (χ0v) is 18.6. The molecular weight excluding hydrogens is 412 g/mol. The van der Waals surface area contributed by atoms with Gasteiger partial charge < -0.3 is 10.1 Å². The second kappa shape index (κ2) is 9.66. The van der Waals surface area contributed by atoms with Crippen LogP contribution in [0.1, 0.15) is 41.4 Å². The average Bonchev–Trinajstić information content (AvgIpc) is 2.74. The molecule has 7 heteroatoms.